The van der Waals surface area contributed by atoms with Gasteiger partial charge in [-0.15, -0.1) is 0 Å². The SMILES string of the molecule is O=C(OCCn1c(=O)oc2ccccc21)c1ccc(S(=O)(=O)N2CCCc3ccccc32)cc1. The van der Waals surface area contributed by atoms with Crippen LogP contribution in [0.3, 0.4) is 0 Å². The first-order valence-electron chi connectivity index (χ1n) is 10.9. The molecule has 4 aromatic rings. The van der Waals surface area contributed by atoms with E-state index in [0.717, 1.165) is 18.4 Å². The molecule has 0 bridgehead atoms. The van der Waals surface area contributed by atoms with Gasteiger partial charge in [0.05, 0.1) is 28.2 Å². The highest BCUT2D eigenvalue weighted by Crippen LogP contribution is 2.31. The number of ether oxygens (including phenoxy) is 1. The second kappa shape index (κ2) is 8.83. The van der Waals surface area contributed by atoms with Crippen molar-refractivity contribution in [3.8, 4) is 0 Å². The Morgan fingerprint density at radius 2 is 1.71 bits per heavy atom. The number of nitrogens with zero attached hydrogens (tertiary/aromatic N) is 2. The van der Waals surface area contributed by atoms with Crippen molar-refractivity contribution in [1.29, 1.82) is 0 Å². The van der Waals surface area contributed by atoms with Gasteiger partial charge in [-0.3, -0.25) is 8.87 Å². The molecule has 34 heavy (non-hydrogen) atoms. The Bertz CT molecular complexity index is 1520. The summed E-state index contributed by atoms with van der Waals surface area (Å²) in [7, 11) is -3.76. The van der Waals surface area contributed by atoms with E-state index in [0.29, 0.717) is 23.3 Å². The molecule has 1 aromatic heterocycles. The summed E-state index contributed by atoms with van der Waals surface area (Å²) in [4.78, 5) is 24.6. The van der Waals surface area contributed by atoms with Gasteiger partial charge < -0.3 is 9.15 Å². The molecule has 2 heterocycles. The van der Waals surface area contributed by atoms with Gasteiger partial charge in [-0.2, -0.15) is 0 Å². The number of carbonyl (C=O) groups is 1. The van der Waals surface area contributed by atoms with Crippen molar-refractivity contribution in [2.75, 3.05) is 17.5 Å². The van der Waals surface area contributed by atoms with Crippen molar-refractivity contribution < 1.29 is 22.4 Å². The molecule has 0 saturated carbocycles. The zero-order valence-electron chi connectivity index (χ0n) is 18.2. The Kier molecular flexibility index (Phi) is 5.70. The van der Waals surface area contributed by atoms with E-state index < -0.39 is 21.7 Å². The number of para-hydroxylation sites is 3. The van der Waals surface area contributed by atoms with Crippen molar-refractivity contribution in [2.24, 2.45) is 0 Å². The third-order valence-corrected chi connectivity index (χ3v) is 7.69. The van der Waals surface area contributed by atoms with E-state index in [2.05, 4.69) is 0 Å². The lowest BCUT2D eigenvalue weighted by Gasteiger charge is -2.30. The Morgan fingerprint density at radius 3 is 2.53 bits per heavy atom. The molecule has 0 fully saturated rings. The maximum atomic E-state index is 13.2. The molecule has 0 N–H and O–H groups in total. The molecule has 0 radical (unpaired) electrons. The Labute approximate surface area is 196 Å². The topological polar surface area (TPSA) is 98.8 Å². The summed E-state index contributed by atoms with van der Waals surface area (Å²) >= 11 is 0. The molecule has 0 saturated heterocycles. The number of fused-ring (bicyclic) bond motifs is 2. The highest BCUT2D eigenvalue weighted by Gasteiger charge is 2.29. The lowest BCUT2D eigenvalue weighted by molar-refractivity contribution is 0.0490. The van der Waals surface area contributed by atoms with E-state index in [-0.39, 0.29) is 23.6 Å². The first-order valence-corrected chi connectivity index (χ1v) is 12.4. The fraction of sp³-hybridized carbons (Fsp3) is 0.200. The van der Waals surface area contributed by atoms with Crippen LogP contribution in [-0.4, -0.2) is 32.1 Å². The third-order valence-electron chi connectivity index (χ3n) is 5.87. The standard InChI is InChI=1S/C25H22N2O6S/c28-24(32-17-16-26-22-9-3-4-10-23(22)33-25(26)29)19-11-13-20(14-12-19)34(30,31)27-15-5-7-18-6-1-2-8-21(18)27/h1-4,6,8-14H,5,7,15-17H2. The second-order valence-corrected chi connectivity index (χ2v) is 9.82. The quantitative estimate of drug-likeness (QED) is 0.393. The first kappa shape index (κ1) is 22.0. The normalized spacial score (nSPS) is 13.6. The third kappa shape index (κ3) is 3.99. The number of oxazole rings is 1. The number of anilines is 1. The fourth-order valence-electron chi connectivity index (χ4n) is 4.18. The number of aromatic nitrogens is 1. The highest BCUT2D eigenvalue weighted by atomic mass is 32.2. The zero-order valence-corrected chi connectivity index (χ0v) is 19.0. The van der Waals surface area contributed by atoms with E-state index in [1.807, 2.05) is 24.3 Å². The summed E-state index contributed by atoms with van der Waals surface area (Å²) < 4.78 is 39.8. The molecule has 8 nitrogen and oxygen atoms in total. The summed E-state index contributed by atoms with van der Waals surface area (Å²) in [6.07, 6.45) is 1.59. The van der Waals surface area contributed by atoms with Gasteiger partial charge in [0.1, 0.15) is 6.61 Å². The maximum absolute atomic E-state index is 13.2. The molecule has 1 aliphatic rings. The number of carbonyl (C=O) groups excluding carboxylic acids is 1. The molecular weight excluding hydrogens is 456 g/mol. The van der Waals surface area contributed by atoms with Crippen molar-refractivity contribution in [1.82, 2.24) is 4.57 Å². The Hall–Kier alpha value is -3.85. The molecular formula is C25H22N2O6S. The van der Waals surface area contributed by atoms with E-state index in [4.69, 9.17) is 9.15 Å². The van der Waals surface area contributed by atoms with Gasteiger partial charge in [0.25, 0.3) is 10.0 Å². The minimum atomic E-state index is -3.76. The van der Waals surface area contributed by atoms with Crippen LogP contribution < -0.4 is 10.1 Å². The van der Waals surface area contributed by atoms with E-state index in [9.17, 15) is 18.0 Å². The lowest BCUT2D eigenvalue weighted by atomic mass is 10.0. The lowest BCUT2D eigenvalue weighted by Crippen LogP contribution is -2.35. The van der Waals surface area contributed by atoms with Gasteiger partial charge in [0.2, 0.25) is 0 Å². The molecule has 0 unspecified atom stereocenters. The van der Waals surface area contributed by atoms with Crippen LogP contribution >= 0.6 is 0 Å². The number of hydrogen-bond donors (Lipinski definition) is 0. The van der Waals surface area contributed by atoms with Crippen LogP contribution in [0, 0.1) is 0 Å². The molecule has 3 aromatic carbocycles. The number of esters is 1. The van der Waals surface area contributed by atoms with E-state index >= 15 is 0 Å². The summed E-state index contributed by atoms with van der Waals surface area (Å²) in [5, 5.41) is 0. The molecule has 1 aliphatic heterocycles. The van der Waals surface area contributed by atoms with Gasteiger partial charge in [-0.05, 0) is 60.9 Å². The molecule has 0 spiro atoms. The van der Waals surface area contributed by atoms with Crippen LogP contribution in [0.1, 0.15) is 22.3 Å². The Balaban J connectivity index is 1.27. The van der Waals surface area contributed by atoms with Gasteiger partial charge >= 0.3 is 11.7 Å². The minimum Gasteiger partial charge on any atom is -0.460 e. The second-order valence-electron chi connectivity index (χ2n) is 7.96. The van der Waals surface area contributed by atoms with Gasteiger partial charge in [0, 0.05) is 6.54 Å². The van der Waals surface area contributed by atoms with Gasteiger partial charge in [0.15, 0.2) is 5.58 Å². The molecule has 174 valence electrons. The molecule has 5 rings (SSSR count). The van der Waals surface area contributed by atoms with Crippen molar-refractivity contribution >= 4 is 32.8 Å². The largest absolute Gasteiger partial charge is 0.460 e. The fourth-order valence-corrected chi connectivity index (χ4v) is 5.72. The monoisotopic (exact) mass is 478 g/mol. The molecule has 0 amide bonds. The number of benzene rings is 3. The van der Waals surface area contributed by atoms with Crippen LogP contribution in [0.2, 0.25) is 0 Å². The molecule has 9 heteroatoms. The Morgan fingerprint density at radius 1 is 0.971 bits per heavy atom. The van der Waals surface area contributed by atoms with Crippen LogP contribution in [-0.2, 0) is 27.7 Å². The minimum absolute atomic E-state index is 0.0348. The maximum Gasteiger partial charge on any atom is 0.420 e. The number of hydrogen-bond acceptors (Lipinski definition) is 6. The molecule has 0 atom stereocenters. The zero-order chi connectivity index (χ0) is 23.7. The van der Waals surface area contributed by atoms with Crippen molar-refractivity contribution in [2.45, 2.75) is 24.3 Å². The average molecular weight is 479 g/mol. The number of rotatable bonds is 6. The average Bonchev–Trinajstić information content (AvgIpc) is 3.18. The van der Waals surface area contributed by atoms with Crippen LogP contribution in [0.15, 0.2) is 86.9 Å². The van der Waals surface area contributed by atoms with E-state index in [1.54, 1.807) is 24.3 Å². The summed E-state index contributed by atoms with van der Waals surface area (Å²) in [6, 6.07) is 20.2. The van der Waals surface area contributed by atoms with Crippen LogP contribution in [0.25, 0.3) is 11.1 Å². The predicted octanol–water partition coefficient (Wildman–Crippen LogP) is 3.59. The van der Waals surface area contributed by atoms with Crippen LogP contribution in [0.4, 0.5) is 5.69 Å². The van der Waals surface area contributed by atoms with Gasteiger partial charge in [-0.1, -0.05) is 30.3 Å². The van der Waals surface area contributed by atoms with Gasteiger partial charge in [-0.25, -0.2) is 18.0 Å². The predicted molar refractivity (Wildman–Crippen MR) is 126 cm³/mol. The first-order chi connectivity index (χ1) is 16.4. The van der Waals surface area contributed by atoms with Crippen molar-refractivity contribution in [3.05, 3.63) is 94.5 Å². The smallest absolute Gasteiger partial charge is 0.420 e. The van der Waals surface area contributed by atoms with E-state index in [1.165, 1.54) is 33.1 Å². The van der Waals surface area contributed by atoms with Crippen molar-refractivity contribution in [3.63, 3.8) is 0 Å². The summed E-state index contributed by atoms with van der Waals surface area (Å²) in [5.41, 5.74) is 3.01. The number of aryl methyl sites for hydroxylation is 1. The number of sulfonamides is 1. The summed E-state index contributed by atoms with van der Waals surface area (Å²) in [6.45, 7) is 0.514. The summed E-state index contributed by atoms with van der Waals surface area (Å²) in [5.74, 6) is -1.13. The highest BCUT2D eigenvalue weighted by molar-refractivity contribution is 7.92. The van der Waals surface area contributed by atoms with Crippen LogP contribution in [0.5, 0.6) is 0 Å². The molecule has 0 aliphatic carbocycles.